The van der Waals surface area contributed by atoms with Crippen LogP contribution in [0.4, 0.5) is 27.8 Å². The van der Waals surface area contributed by atoms with Gasteiger partial charge < -0.3 is 10.2 Å². The molecule has 1 amide bonds. The molecule has 0 aliphatic carbocycles. The van der Waals surface area contributed by atoms with Crippen molar-refractivity contribution in [3.05, 3.63) is 71.7 Å². The highest BCUT2D eigenvalue weighted by Gasteiger charge is 2.35. The number of nitrogens with zero attached hydrogens (tertiary/aromatic N) is 4. The first kappa shape index (κ1) is 24.5. The third-order valence-electron chi connectivity index (χ3n) is 6.04. The molecular formula is C24H22F5N5O. The van der Waals surface area contributed by atoms with E-state index >= 15 is 0 Å². The number of nitrogens with one attached hydrogen (secondary N) is 1. The number of alkyl halides is 3. The Morgan fingerprint density at radius 1 is 1.14 bits per heavy atom. The van der Waals surface area contributed by atoms with Gasteiger partial charge in [0.15, 0.2) is 5.82 Å². The Balaban J connectivity index is 1.60. The topological polar surface area (TPSA) is 71.0 Å². The minimum absolute atomic E-state index is 0.00887. The second kappa shape index (κ2) is 9.93. The molecule has 35 heavy (non-hydrogen) atoms. The van der Waals surface area contributed by atoms with Crippen molar-refractivity contribution in [1.82, 2.24) is 19.9 Å². The SMILES string of the molecule is C[C@@H]1CCCN(C(=O)c2c(F)cc(F)cc2-c2ncccn2)[C@@H]1CNc1ccc(C(F)(F)F)cn1. The van der Waals surface area contributed by atoms with Gasteiger partial charge >= 0.3 is 6.18 Å². The number of aromatic nitrogens is 3. The van der Waals surface area contributed by atoms with E-state index in [9.17, 15) is 26.7 Å². The summed E-state index contributed by atoms with van der Waals surface area (Å²) in [5.41, 5.74) is -1.25. The van der Waals surface area contributed by atoms with Crippen molar-refractivity contribution >= 4 is 11.7 Å². The summed E-state index contributed by atoms with van der Waals surface area (Å²) in [5.74, 6) is -2.28. The third-order valence-corrected chi connectivity index (χ3v) is 6.04. The number of pyridine rings is 1. The van der Waals surface area contributed by atoms with Gasteiger partial charge in [0, 0.05) is 43.3 Å². The molecule has 1 aliphatic heterocycles. The predicted octanol–water partition coefficient (Wildman–Crippen LogP) is 5.19. The first-order valence-electron chi connectivity index (χ1n) is 11.0. The van der Waals surface area contributed by atoms with Crippen LogP contribution in [0.1, 0.15) is 35.7 Å². The van der Waals surface area contributed by atoms with E-state index in [4.69, 9.17) is 0 Å². The van der Waals surface area contributed by atoms with Gasteiger partial charge in [0.25, 0.3) is 5.91 Å². The number of likely N-dealkylation sites (tertiary alicyclic amines) is 1. The van der Waals surface area contributed by atoms with Crippen molar-refractivity contribution in [3.63, 3.8) is 0 Å². The lowest BCUT2D eigenvalue weighted by atomic mass is 9.89. The largest absolute Gasteiger partial charge is 0.417 e. The molecule has 0 bridgehead atoms. The van der Waals surface area contributed by atoms with E-state index in [1.165, 1.54) is 23.4 Å². The Morgan fingerprint density at radius 2 is 1.89 bits per heavy atom. The van der Waals surface area contributed by atoms with Crippen molar-refractivity contribution in [3.8, 4) is 11.4 Å². The third kappa shape index (κ3) is 5.39. The van der Waals surface area contributed by atoms with Crippen molar-refractivity contribution in [2.45, 2.75) is 32.0 Å². The Labute approximate surface area is 198 Å². The van der Waals surface area contributed by atoms with Gasteiger partial charge in [-0.15, -0.1) is 0 Å². The van der Waals surface area contributed by atoms with Crippen LogP contribution < -0.4 is 5.32 Å². The van der Waals surface area contributed by atoms with E-state index in [0.717, 1.165) is 24.8 Å². The number of piperidine rings is 1. The normalized spacial score (nSPS) is 18.4. The van der Waals surface area contributed by atoms with E-state index in [0.29, 0.717) is 19.0 Å². The highest BCUT2D eigenvalue weighted by atomic mass is 19.4. The van der Waals surface area contributed by atoms with Gasteiger partial charge in [-0.25, -0.2) is 23.7 Å². The highest BCUT2D eigenvalue weighted by Crippen LogP contribution is 2.31. The molecule has 11 heteroatoms. The number of carbonyl (C=O) groups is 1. The van der Waals surface area contributed by atoms with E-state index in [-0.39, 0.29) is 35.2 Å². The van der Waals surface area contributed by atoms with E-state index in [1.807, 2.05) is 6.92 Å². The lowest BCUT2D eigenvalue weighted by Crippen LogP contribution is -2.51. The van der Waals surface area contributed by atoms with Gasteiger partial charge in [0.1, 0.15) is 17.5 Å². The lowest BCUT2D eigenvalue weighted by Gasteiger charge is -2.40. The number of hydrogen-bond acceptors (Lipinski definition) is 5. The monoisotopic (exact) mass is 491 g/mol. The first-order chi connectivity index (χ1) is 16.6. The van der Waals surface area contributed by atoms with Gasteiger partial charge in [-0.3, -0.25) is 4.79 Å². The summed E-state index contributed by atoms with van der Waals surface area (Å²) >= 11 is 0. The van der Waals surface area contributed by atoms with Crippen LogP contribution in [0.25, 0.3) is 11.4 Å². The van der Waals surface area contributed by atoms with Crippen LogP contribution in [0.3, 0.4) is 0 Å². The number of benzene rings is 1. The summed E-state index contributed by atoms with van der Waals surface area (Å²) < 4.78 is 67.4. The molecule has 2 atom stereocenters. The van der Waals surface area contributed by atoms with Gasteiger partial charge in [-0.1, -0.05) is 6.92 Å². The number of halogens is 5. The fourth-order valence-electron chi connectivity index (χ4n) is 4.24. The molecule has 1 aromatic carbocycles. The summed E-state index contributed by atoms with van der Waals surface area (Å²) in [6.07, 6.45) is 0.541. The maximum absolute atomic E-state index is 15.0. The maximum Gasteiger partial charge on any atom is 0.417 e. The molecule has 6 nitrogen and oxygen atoms in total. The quantitative estimate of drug-likeness (QED) is 0.498. The van der Waals surface area contributed by atoms with Gasteiger partial charge in [-0.2, -0.15) is 13.2 Å². The average molecular weight is 491 g/mol. The van der Waals surface area contributed by atoms with Crippen molar-refractivity contribution in [2.75, 3.05) is 18.4 Å². The smallest absolute Gasteiger partial charge is 0.368 e. The van der Waals surface area contributed by atoms with Crippen LogP contribution in [0.2, 0.25) is 0 Å². The predicted molar refractivity (Wildman–Crippen MR) is 118 cm³/mol. The molecule has 3 aromatic rings. The van der Waals surface area contributed by atoms with Gasteiger partial charge in [0.2, 0.25) is 0 Å². The van der Waals surface area contributed by atoms with Crippen LogP contribution in [0, 0.1) is 17.6 Å². The van der Waals surface area contributed by atoms with Gasteiger partial charge in [0.05, 0.1) is 17.2 Å². The minimum Gasteiger partial charge on any atom is -0.368 e. The minimum atomic E-state index is -4.49. The molecule has 0 spiro atoms. The van der Waals surface area contributed by atoms with Crippen molar-refractivity contribution < 1.29 is 26.7 Å². The van der Waals surface area contributed by atoms with E-state index < -0.39 is 35.3 Å². The molecule has 2 aromatic heterocycles. The fraction of sp³-hybridized carbons (Fsp3) is 0.333. The first-order valence-corrected chi connectivity index (χ1v) is 11.0. The summed E-state index contributed by atoms with van der Waals surface area (Å²) in [5, 5.41) is 2.98. The zero-order chi connectivity index (χ0) is 25.2. The summed E-state index contributed by atoms with van der Waals surface area (Å²) in [7, 11) is 0. The number of hydrogen-bond donors (Lipinski definition) is 1. The molecule has 4 rings (SSSR count). The second-order valence-corrected chi connectivity index (χ2v) is 8.38. The fourth-order valence-corrected chi connectivity index (χ4v) is 4.24. The van der Waals surface area contributed by atoms with Crippen LogP contribution in [0.5, 0.6) is 0 Å². The summed E-state index contributed by atoms with van der Waals surface area (Å²) in [6.45, 7) is 2.46. The number of carbonyl (C=O) groups excluding carboxylic acids is 1. The molecule has 1 aliphatic rings. The molecule has 0 unspecified atom stereocenters. The second-order valence-electron chi connectivity index (χ2n) is 8.38. The Bertz CT molecular complexity index is 1190. The van der Waals surface area contributed by atoms with Crippen LogP contribution in [-0.4, -0.2) is 44.9 Å². The Hall–Kier alpha value is -3.63. The molecule has 0 radical (unpaired) electrons. The zero-order valence-corrected chi connectivity index (χ0v) is 18.7. The number of rotatable bonds is 5. The molecule has 184 valence electrons. The Morgan fingerprint density at radius 3 is 2.54 bits per heavy atom. The molecule has 1 saturated heterocycles. The molecule has 0 saturated carbocycles. The molecule has 1 fully saturated rings. The van der Waals surface area contributed by atoms with Crippen LogP contribution in [-0.2, 0) is 6.18 Å². The molecule has 1 N–H and O–H groups in total. The standard InChI is InChI=1S/C24H22F5N5O/c1-14-4-2-9-34(19(14)13-33-20-6-5-15(12-32-20)24(27,28)29)23(35)21-17(10-16(25)11-18(21)26)22-30-7-3-8-31-22/h3,5-8,10-12,14,19H,2,4,9,13H2,1H3,(H,32,33)/t14-,19-/m1/s1. The van der Waals surface area contributed by atoms with Gasteiger partial charge in [-0.05, 0) is 43.0 Å². The maximum atomic E-state index is 15.0. The zero-order valence-electron chi connectivity index (χ0n) is 18.7. The highest BCUT2D eigenvalue weighted by molar-refractivity contribution is 6.00. The molecular weight excluding hydrogens is 469 g/mol. The van der Waals surface area contributed by atoms with Crippen molar-refractivity contribution in [2.24, 2.45) is 5.92 Å². The molecule has 3 heterocycles. The number of anilines is 1. The lowest BCUT2D eigenvalue weighted by molar-refractivity contribution is -0.137. The van der Waals surface area contributed by atoms with E-state index in [1.54, 1.807) is 6.07 Å². The average Bonchev–Trinajstić information content (AvgIpc) is 2.82. The summed E-state index contributed by atoms with van der Waals surface area (Å²) in [6, 6.07) is 4.94. The van der Waals surface area contributed by atoms with Crippen LogP contribution in [0.15, 0.2) is 48.9 Å². The summed E-state index contributed by atoms with van der Waals surface area (Å²) in [4.78, 5) is 27.0. The van der Waals surface area contributed by atoms with Crippen molar-refractivity contribution in [1.29, 1.82) is 0 Å². The van der Waals surface area contributed by atoms with Crippen LogP contribution >= 0.6 is 0 Å². The Kier molecular flexibility index (Phi) is 6.95. The number of amides is 1. The van der Waals surface area contributed by atoms with E-state index in [2.05, 4.69) is 20.3 Å².